The second kappa shape index (κ2) is 7.90. The number of carbonyl (C=O) groups excluding carboxylic acids is 1. The van der Waals surface area contributed by atoms with Crippen LogP contribution in [0.15, 0.2) is 30.3 Å². The minimum Gasteiger partial charge on any atom is -0.378 e. The van der Waals surface area contributed by atoms with Crippen LogP contribution in [-0.2, 0) is 16.1 Å². The first-order chi connectivity index (χ1) is 12.8. The van der Waals surface area contributed by atoms with E-state index in [-0.39, 0.29) is 17.4 Å². The van der Waals surface area contributed by atoms with Crippen molar-refractivity contribution < 1.29 is 9.53 Å². The maximum atomic E-state index is 13.3. The molecule has 2 fully saturated rings. The van der Waals surface area contributed by atoms with Gasteiger partial charge in [-0.1, -0.05) is 44.2 Å². The third-order valence-electron chi connectivity index (χ3n) is 6.82. The Bertz CT molecular complexity index is 648. The van der Waals surface area contributed by atoms with Crippen LogP contribution in [0.5, 0.6) is 0 Å². The highest BCUT2D eigenvalue weighted by molar-refractivity contribution is 5.89. The Labute approximate surface area is 163 Å². The van der Waals surface area contributed by atoms with Crippen LogP contribution in [0.3, 0.4) is 0 Å². The summed E-state index contributed by atoms with van der Waals surface area (Å²) in [5, 5.41) is 0. The number of amides is 1. The molecule has 1 saturated heterocycles. The fraction of sp³-hybridized carbons (Fsp3) is 0.682. The Kier molecular flexibility index (Phi) is 5.94. The van der Waals surface area contributed by atoms with Crippen molar-refractivity contribution >= 4 is 5.91 Å². The monoisotopic (exact) mass is 373 g/mol. The molecular weight excluding hydrogens is 338 g/mol. The zero-order valence-corrected chi connectivity index (χ0v) is 17.3. The SMILES string of the molecule is CCOC1CC(N)(C(=O)N2CCC(C)N(Cc3ccccc3)CC2)C1(C)C. The summed E-state index contributed by atoms with van der Waals surface area (Å²) in [6, 6.07) is 11.0. The zero-order valence-electron chi connectivity index (χ0n) is 17.3. The Balaban J connectivity index is 1.64. The summed E-state index contributed by atoms with van der Waals surface area (Å²) >= 11 is 0. The first-order valence-corrected chi connectivity index (χ1v) is 10.3. The van der Waals surface area contributed by atoms with Gasteiger partial charge in [-0.3, -0.25) is 9.69 Å². The number of hydrogen-bond acceptors (Lipinski definition) is 4. The Morgan fingerprint density at radius 3 is 2.56 bits per heavy atom. The van der Waals surface area contributed by atoms with E-state index in [0.29, 0.717) is 19.1 Å². The van der Waals surface area contributed by atoms with Crippen molar-refractivity contribution in [2.24, 2.45) is 11.1 Å². The van der Waals surface area contributed by atoms with Gasteiger partial charge in [-0.25, -0.2) is 0 Å². The van der Waals surface area contributed by atoms with E-state index in [2.05, 4.69) is 49.9 Å². The maximum Gasteiger partial charge on any atom is 0.243 e. The predicted molar refractivity (Wildman–Crippen MR) is 108 cm³/mol. The summed E-state index contributed by atoms with van der Waals surface area (Å²) in [6.45, 7) is 12.4. The number of hydrogen-bond donors (Lipinski definition) is 1. The van der Waals surface area contributed by atoms with Crippen molar-refractivity contribution in [3.8, 4) is 0 Å². The maximum absolute atomic E-state index is 13.3. The molecule has 5 nitrogen and oxygen atoms in total. The average Bonchev–Trinajstić information content (AvgIpc) is 2.84. The van der Waals surface area contributed by atoms with Crippen LogP contribution in [0.1, 0.15) is 46.1 Å². The first kappa shape index (κ1) is 20.3. The number of rotatable bonds is 5. The molecule has 1 aromatic rings. The summed E-state index contributed by atoms with van der Waals surface area (Å²) in [5.74, 6) is 0.0946. The number of nitrogens with zero attached hydrogens (tertiary/aromatic N) is 2. The molecule has 3 atom stereocenters. The van der Waals surface area contributed by atoms with Crippen LogP contribution in [-0.4, -0.2) is 59.6 Å². The number of nitrogens with two attached hydrogens (primary N) is 1. The fourth-order valence-electron chi connectivity index (χ4n) is 4.44. The quantitative estimate of drug-likeness (QED) is 0.862. The number of carbonyl (C=O) groups is 1. The summed E-state index contributed by atoms with van der Waals surface area (Å²) in [4.78, 5) is 17.8. The van der Waals surface area contributed by atoms with Gasteiger partial charge in [0.2, 0.25) is 5.91 Å². The van der Waals surface area contributed by atoms with E-state index in [1.807, 2.05) is 17.9 Å². The Morgan fingerprint density at radius 1 is 1.22 bits per heavy atom. The standard InChI is InChI=1S/C22H35N3O2/c1-5-27-19-15-22(23,21(19,3)4)20(26)24-12-11-17(2)25(14-13-24)16-18-9-7-6-8-10-18/h6-10,17,19H,5,11-16,23H2,1-4H3. The smallest absolute Gasteiger partial charge is 0.243 e. The molecular formula is C22H35N3O2. The van der Waals surface area contributed by atoms with Crippen molar-refractivity contribution in [3.05, 3.63) is 35.9 Å². The van der Waals surface area contributed by atoms with Gasteiger partial charge >= 0.3 is 0 Å². The normalized spacial score (nSPS) is 31.2. The molecule has 1 aliphatic carbocycles. The molecule has 3 rings (SSSR count). The fourth-order valence-corrected chi connectivity index (χ4v) is 4.44. The van der Waals surface area contributed by atoms with Crippen LogP contribution >= 0.6 is 0 Å². The van der Waals surface area contributed by atoms with Gasteiger partial charge in [0.05, 0.1) is 6.10 Å². The minimum atomic E-state index is -0.815. The predicted octanol–water partition coefficient (Wildman–Crippen LogP) is 2.64. The van der Waals surface area contributed by atoms with E-state index in [1.165, 1.54) is 5.56 Å². The second-order valence-corrected chi connectivity index (χ2v) is 8.73. The zero-order chi connectivity index (χ0) is 19.7. The number of benzene rings is 1. The molecule has 1 aliphatic heterocycles. The molecule has 0 spiro atoms. The molecule has 0 aromatic heterocycles. The van der Waals surface area contributed by atoms with E-state index in [1.54, 1.807) is 0 Å². The van der Waals surface area contributed by atoms with E-state index in [0.717, 1.165) is 32.6 Å². The van der Waals surface area contributed by atoms with Crippen molar-refractivity contribution in [3.63, 3.8) is 0 Å². The highest BCUT2D eigenvalue weighted by Crippen LogP contribution is 2.50. The summed E-state index contributed by atoms with van der Waals surface area (Å²) in [6.07, 6.45) is 1.66. The van der Waals surface area contributed by atoms with Gasteiger partial charge in [0.25, 0.3) is 0 Å². The lowest BCUT2D eigenvalue weighted by molar-refractivity contribution is -0.179. The summed E-state index contributed by atoms with van der Waals surface area (Å²) in [5.41, 5.74) is 6.81. The van der Waals surface area contributed by atoms with Crippen LogP contribution in [0.2, 0.25) is 0 Å². The molecule has 2 aliphatic rings. The lowest BCUT2D eigenvalue weighted by atomic mass is 9.54. The van der Waals surface area contributed by atoms with E-state index in [9.17, 15) is 4.79 Å². The Hall–Kier alpha value is -1.43. The molecule has 1 saturated carbocycles. The van der Waals surface area contributed by atoms with Crippen LogP contribution < -0.4 is 5.73 Å². The van der Waals surface area contributed by atoms with Gasteiger partial charge < -0.3 is 15.4 Å². The van der Waals surface area contributed by atoms with E-state index < -0.39 is 5.54 Å². The highest BCUT2D eigenvalue weighted by atomic mass is 16.5. The third kappa shape index (κ3) is 3.78. The molecule has 1 aromatic carbocycles. The molecule has 2 N–H and O–H groups in total. The summed E-state index contributed by atoms with van der Waals surface area (Å²) < 4.78 is 5.79. The summed E-state index contributed by atoms with van der Waals surface area (Å²) in [7, 11) is 0. The van der Waals surface area contributed by atoms with Gasteiger partial charge in [0.15, 0.2) is 0 Å². The molecule has 0 bridgehead atoms. The van der Waals surface area contributed by atoms with Gasteiger partial charge in [-0.2, -0.15) is 0 Å². The van der Waals surface area contributed by atoms with Crippen LogP contribution in [0, 0.1) is 5.41 Å². The van der Waals surface area contributed by atoms with Gasteiger partial charge in [0.1, 0.15) is 5.54 Å². The van der Waals surface area contributed by atoms with Gasteiger partial charge in [0, 0.05) is 50.7 Å². The largest absolute Gasteiger partial charge is 0.378 e. The molecule has 3 unspecified atom stereocenters. The molecule has 0 radical (unpaired) electrons. The lowest BCUT2D eigenvalue weighted by Gasteiger charge is -2.58. The lowest BCUT2D eigenvalue weighted by Crippen LogP contribution is -2.76. The third-order valence-corrected chi connectivity index (χ3v) is 6.82. The van der Waals surface area contributed by atoms with Gasteiger partial charge in [-0.15, -0.1) is 0 Å². The molecule has 1 amide bonds. The first-order valence-electron chi connectivity index (χ1n) is 10.3. The molecule has 5 heteroatoms. The van der Waals surface area contributed by atoms with Crippen molar-refractivity contribution in [1.29, 1.82) is 0 Å². The molecule has 27 heavy (non-hydrogen) atoms. The number of ether oxygens (including phenoxy) is 1. The van der Waals surface area contributed by atoms with E-state index in [4.69, 9.17) is 10.5 Å². The van der Waals surface area contributed by atoms with Crippen LogP contribution in [0.25, 0.3) is 0 Å². The topological polar surface area (TPSA) is 58.8 Å². The van der Waals surface area contributed by atoms with Crippen molar-refractivity contribution in [2.75, 3.05) is 26.2 Å². The Morgan fingerprint density at radius 2 is 1.93 bits per heavy atom. The highest BCUT2D eigenvalue weighted by Gasteiger charge is 2.63. The van der Waals surface area contributed by atoms with Crippen LogP contribution in [0.4, 0.5) is 0 Å². The molecule has 150 valence electrons. The van der Waals surface area contributed by atoms with Gasteiger partial charge in [-0.05, 0) is 25.8 Å². The molecule has 1 heterocycles. The average molecular weight is 374 g/mol. The minimum absolute atomic E-state index is 0.0666. The second-order valence-electron chi connectivity index (χ2n) is 8.73. The van der Waals surface area contributed by atoms with Crippen molar-refractivity contribution in [1.82, 2.24) is 9.80 Å². The van der Waals surface area contributed by atoms with Crippen molar-refractivity contribution in [2.45, 2.75) is 64.8 Å². The van der Waals surface area contributed by atoms with E-state index >= 15 is 0 Å².